The number of fused-ring (bicyclic) bond motifs is 2. The number of benzene rings is 3. The highest BCUT2D eigenvalue weighted by molar-refractivity contribution is 5.56. The number of nitrogens with one attached hydrogen (secondary N) is 1. The van der Waals surface area contributed by atoms with Gasteiger partial charge in [0.2, 0.25) is 13.6 Å². The van der Waals surface area contributed by atoms with Crippen LogP contribution >= 0.6 is 0 Å². The maximum absolute atomic E-state index is 5.67. The summed E-state index contributed by atoms with van der Waals surface area (Å²) >= 11 is 0. The van der Waals surface area contributed by atoms with Crippen LogP contribution in [-0.2, 0) is 13.1 Å². The number of unbranched alkanes of at least 4 members (excludes halogenated alkanes) is 1. The van der Waals surface area contributed by atoms with E-state index in [4.69, 9.17) is 23.9 Å². The third kappa shape index (κ3) is 4.38. The predicted molar refractivity (Wildman–Crippen MR) is 136 cm³/mol. The van der Waals surface area contributed by atoms with Crippen LogP contribution in [0, 0.1) is 0 Å². The minimum absolute atomic E-state index is 0.0938. The van der Waals surface area contributed by atoms with Crippen LogP contribution in [0.3, 0.4) is 0 Å². The van der Waals surface area contributed by atoms with Crippen LogP contribution in [0.15, 0.2) is 72.9 Å². The molecule has 1 aromatic heterocycles. The van der Waals surface area contributed by atoms with Gasteiger partial charge in [-0.3, -0.25) is 0 Å². The molecule has 0 aliphatic carbocycles. The average molecular weight is 484 g/mol. The lowest BCUT2D eigenvalue weighted by Gasteiger charge is -2.21. The molecule has 0 amide bonds. The molecule has 1 N–H and O–H groups in total. The second-order valence-electron chi connectivity index (χ2n) is 8.98. The molecule has 0 saturated heterocycles. The molecule has 4 aromatic rings. The molecule has 0 bridgehead atoms. The third-order valence-electron chi connectivity index (χ3n) is 6.65. The van der Waals surface area contributed by atoms with Crippen molar-refractivity contribution in [1.82, 2.24) is 14.9 Å². The second-order valence-corrected chi connectivity index (χ2v) is 8.98. The minimum Gasteiger partial charge on any atom is -0.454 e. The molecule has 0 saturated carbocycles. The van der Waals surface area contributed by atoms with Crippen LogP contribution in [0.25, 0.3) is 11.4 Å². The summed E-state index contributed by atoms with van der Waals surface area (Å²) < 4.78 is 24.7. The number of hydrogen-bond donors (Lipinski definition) is 1. The molecule has 0 spiro atoms. The smallest absolute Gasteiger partial charge is 0.231 e. The molecule has 6 rings (SSSR count). The fourth-order valence-electron chi connectivity index (χ4n) is 4.76. The van der Waals surface area contributed by atoms with Gasteiger partial charge in [0.25, 0.3) is 0 Å². The van der Waals surface area contributed by atoms with Crippen molar-refractivity contribution in [2.75, 3.05) is 13.6 Å². The van der Waals surface area contributed by atoms with Gasteiger partial charge in [-0.2, -0.15) is 0 Å². The Morgan fingerprint density at radius 3 is 2.11 bits per heavy atom. The molecule has 7 nitrogen and oxygen atoms in total. The Labute approximate surface area is 210 Å². The quantitative estimate of drug-likeness (QED) is 0.330. The topological polar surface area (TPSA) is 66.8 Å². The molecule has 0 radical (unpaired) electrons. The lowest BCUT2D eigenvalue weighted by atomic mass is 9.97. The molecule has 7 heteroatoms. The van der Waals surface area contributed by atoms with Crippen LogP contribution in [-0.4, -0.2) is 23.1 Å². The van der Waals surface area contributed by atoms with Crippen LogP contribution in [0.1, 0.15) is 42.6 Å². The summed E-state index contributed by atoms with van der Waals surface area (Å²) in [4.78, 5) is 4.81. The summed E-state index contributed by atoms with van der Waals surface area (Å²) in [5, 5.41) is 3.78. The molecule has 2 aliphatic rings. The number of hydrogen-bond acceptors (Lipinski definition) is 6. The van der Waals surface area contributed by atoms with E-state index < -0.39 is 0 Å². The molecule has 3 aromatic carbocycles. The highest BCUT2D eigenvalue weighted by Crippen LogP contribution is 2.39. The Balaban J connectivity index is 1.33. The lowest BCUT2D eigenvalue weighted by Crippen LogP contribution is -2.23. The van der Waals surface area contributed by atoms with E-state index in [9.17, 15) is 0 Å². The molecule has 2 aliphatic heterocycles. The zero-order chi connectivity index (χ0) is 24.3. The zero-order valence-electron chi connectivity index (χ0n) is 20.3. The Bertz CT molecular complexity index is 1290. The van der Waals surface area contributed by atoms with Crippen molar-refractivity contribution < 1.29 is 18.9 Å². The number of ether oxygens (including phenoxy) is 4. The maximum Gasteiger partial charge on any atom is 0.231 e. The Hall–Kier alpha value is -3.97. The Morgan fingerprint density at radius 1 is 0.833 bits per heavy atom. The highest BCUT2D eigenvalue weighted by atomic mass is 16.7. The summed E-state index contributed by atoms with van der Waals surface area (Å²) in [6.45, 7) is 4.29. The van der Waals surface area contributed by atoms with Crippen LogP contribution in [0.4, 0.5) is 0 Å². The first-order valence-electron chi connectivity index (χ1n) is 12.4. The SMILES string of the molecule is CCCCn1c(CNC(c2ccc3c(c2)OCO3)c2ccc3c(c2)OCO3)cnc1-c1ccccc1. The molecular formula is C29H29N3O4. The van der Waals surface area contributed by atoms with E-state index in [-0.39, 0.29) is 19.6 Å². The summed E-state index contributed by atoms with van der Waals surface area (Å²) in [5.74, 6) is 4.07. The summed E-state index contributed by atoms with van der Waals surface area (Å²) in [6.07, 6.45) is 4.20. The van der Waals surface area contributed by atoms with Crippen molar-refractivity contribution in [2.45, 2.75) is 38.9 Å². The van der Waals surface area contributed by atoms with Crippen molar-refractivity contribution in [3.05, 3.63) is 89.7 Å². The number of nitrogens with zero attached hydrogens (tertiary/aromatic N) is 2. The normalized spacial score (nSPS) is 13.5. The lowest BCUT2D eigenvalue weighted by molar-refractivity contribution is 0.173. The van der Waals surface area contributed by atoms with E-state index in [0.717, 1.165) is 70.6 Å². The van der Waals surface area contributed by atoms with E-state index in [2.05, 4.69) is 53.2 Å². The Kier molecular flexibility index (Phi) is 6.22. The van der Waals surface area contributed by atoms with Crippen molar-refractivity contribution in [3.63, 3.8) is 0 Å². The molecule has 3 heterocycles. The van der Waals surface area contributed by atoms with Crippen LogP contribution in [0.5, 0.6) is 23.0 Å². The van der Waals surface area contributed by atoms with E-state index in [1.54, 1.807) is 0 Å². The third-order valence-corrected chi connectivity index (χ3v) is 6.65. The van der Waals surface area contributed by atoms with Crippen molar-refractivity contribution in [2.24, 2.45) is 0 Å². The summed E-state index contributed by atoms with van der Waals surface area (Å²) in [7, 11) is 0. The molecule has 0 fully saturated rings. The molecular weight excluding hydrogens is 454 g/mol. The van der Waals surface area contributed by atoms with Gasteiger partial charge in [-0.15, -0.1) is 0 Å². The number of aromatic nitrogens is 2. The van der Waals surface area contributed by atoms with Gasteiger partial charge in [0.1, 0.15) is 5.82 Å². The Morgan fingerprint density at radius 2 is 1.47 bits per heavy atom. The van der Waals surface area contributed by atoms with Crippen molar-refractivity contribution in [1.29, 1.82) is 0 Å². The van der Waals surface area contributed by atoms with Gasteiger partial charge in [-0.05, 0) is 41.8 Å². The summed E-state index contributed by atoms with van der Waals surface area (Å²) in [6, 6.07) is 22.5. The minimum atomic E-state index is -0.0938. The fourth-order valence-corrected chi connectivity index (χ4v) is 4.76. The summed E-state index contributed by atoms with van der Waals surface area (Å²) in [5.41, 5.74) is 4.44. The second kappa shape index (κ2) is 9.95. The first kappa shape index (κ1) is 22.5. The van der Waals surface area contributed by atoms with Gasteiger partial charge < -0.3 is 28.8 Å². The number of rotatable bonds is 9. The highest BCUT2D eigenvalue weighted by Gasteiger charge is 2.23. The van der Waals surface area contributed by atoms with E-state index in [0.29, 0.717) is 6.54 Å². The largest absolute Gasteiger partial charge is 0.454 e. The molecule has 0 unspecified atom stereocenters. The van der Waals surface area contributed by atoms with Gasteiger partial charge in [-0.1, -0.05) is 55.8 Å². The fraction of sp³-hybridized carbons (Fsp3) is 0.276. The molecule has 184 valence electrons. The van der Waals surface area contributed by atoms with Crippen molar-refractivity contribution >= 4 is 0 Å². The van der Waals surface area contributed by atoms with E-state index >= 15 is 0 Å². The zero-order valence-corrected chi connectivity index (χ0v) is 20.3. The van der Waals surface area contributed by atoms with Crippen LogP contribution < -0.4 is 24.3 Å². The van der Waals surface area contributed by atoms with Gasteiger partial charge in [0.15, 0.2) is 23.0 Å². The van der Waals surface area contributed by atoms with Gasteiger partial charge in [0.05, 0.1) is 17.9 Å². The van der Waals surface area contributed by atoms with Gasteiger partial charge in [0, 0.05) is 18.7 Å². The molecule has 0 atom stereocenters. The van der Waals surface area contributed by atoms with Crippen molar-refractivity contribution in [3.8, 4) is 34.4 Å². The first-order valence-corrected chi connectivity index (χ1v) is 12.4. The van der Waals surface area contributed by atoms with Crippen LogP contribution in [0.2, 0.25) is 0 Å². The standard InChI is InChI=1S/C29H29N3O4/c1-2-3-13-32-23(17-31-29(32)20-7-5-4-6-8-20)16-30-28(21-9-11-24-26(14-21)35-18-33-24)22-10-12-25-27(15-22)36-19-34-25/h4-12,14-15,17,28,30H,2-3,13,16,18-19H2,1H3. The van der Waals surface area contributed by atoms with Gasteiger partial charge >= 0.3 is 0 Å². The van der Waals surface area contributed by atoms with Gasteiger partial charge in [-0.25, -0.2) is 4.98 Å². The first-order chi connectivity index (χ1) is 17.8. The maximum atomic E-state index is 5.67. The van der Waals surface area contributed by atoms with E-state index in [1.807, 2.05) is 36.5 Å². The number of imidazole rings is 1. The molecule has 36 heavy (non-hydrogen) atoms. The predicted octanol–water partition coefficient (Wildman–Crippen LogP) is 5.69. The monoisotopic (exact) mass is 483 g/mol. The van der Waals surface area contributed by atoms with E-state index in [1.165, 1.54) is 0 Å². The average Bonchev–Trinajstić information content (AvgIpc) is 3.67.